The minimum Gasteiger partial charge on any atom is -0.497 e. The summed E-state index contributed by atoms with van der Waals surface area (Å²) in [6.45, 7) is 2.16. The number of rotatable bonds is 4. The Labute approximate surface area is 134 Å². The maximum absolute atomic E-state index is 5.34. The topological polar surface area (TPSA) is 9.23 Å². The van der Waals surface area contributed by atoms with E-state index in [-0.39, 0.29) is 10.9 Å². The highest BCUT2D eigenvalue weighted by molar-refractivity contribution is 7.97. The van der Waals surface area contributed by atoms with Crippen molar-refractivity contribution >= 4 is 10.9 Å². The van der Waals surface area contributed by atoms with Crippen molar-refractivity contribution < 1.29 is 4.74 Å². The average Bonchev–Trinajstić information content (AvgIpc) is 2.58. The van der Waals surface area contributed by atoms with Crippen LogP contribution in [0.1, 0.15) is 5.56 Å². The van der Waals surface area contributed by atoms with E-state index in [1.54, 1.807) is 7.11 Å². The van der Waals surface area contributed by atoms with Gasteiger partial charge < -0.3 is 4.74 Å². The standard InChI is InChI=1S/C20H19OS/c1-16-15-17(21-2)13-14-20(16)22(18-9-5-3-6-10-18)19-11-7-4-8-12-19/h3-15H,1-2H3/q+1. The van der Waals surface area contributed by atoms with Gasteiger partial charge in [-0.25, -0.2) is 0 Å². The van der Waals surface area contributed by atoms with Crippen molar-refractivity contribution in [3.8, 4) is 5.75 Å². The fourth-order valence-electron chi connectivity index (χ4n) is 2.48. The Morgan fingerprint density at radius 2 is 1.27 bits per heavy atom. The fourth-order valence-corrected chi connectivity index (χ4v) is 4.70. The van der Waals surface area contributed by atoms with Crippen LogP contribution >= 0.6 is 0 Å². The number of hydrogen-bond donors (Lipinski definition) is 0. The van der Waals surface area contributed by atoms with E-state index >= 15 is 0 Å². The van der Waals surface area contributed by atoms with Gasteiger partial charge in [-0.3, -0.25) is 0 Å². The molecule has 0 bridgehead atoms. The fraction of sp³-hybridized carbons (Fsp3) is 0.100. The molecule has 0 atom stereocenters. The molecule has 0 heterocycles. The van der Waals surface area contributed by atoms with Gasteiger partial charge in [-0.2, -0.15) is 0 Å². The van der Waals surface area contributed by atoms with Gasteiger partial charge >= 0.3 is 0 Å². The lowest BCUT2D eigenvalue weighted by atomic mass is 10.2. The van der Waals surface area contributed by atoms with Gasteiger partial charge in [-0.15, -0.1) is 0 Å². The third kappa shape index (κ3) is 3.02. The molecule has 22 heavy (non-hydrogen) atoms. The second-order valence-electron chi connectivity index (χ2n) is 5.06. The Balaban J connectivity index is 2.14. The summed E-state index contributed by atoms with van der Waals surface area (Å²) in [5.41, 5.74) is 1.26. The summed E-state index contributed by atoms with van der Waals surface area (Å²) in [7, 11) is 1.62. The number of aryl methyl sites for hydroxylation is 1. The predicted molar refractivity (Wildman–Crippen MR) is 92.8 cm³/mol. The van der Waals surface area contributed by atoms with Crippen LogP contribution in [0, 0.1) is 6.92 Å². The summed E-state index contributed by atoms with van der Waals surface area (Å²) in [4.78, 5) is 4.02. The molecule has 0 aliphatic rings. The molecule has 110 valence electrons. The number of methoxy groups -OCH3 is 1. The van der Waals surface area contributed by atoms with Crippen molar-refractivity contribution in [2.75, 3.05) is 7.11 Å². The maximum atomic E-state index is 5.34. The normalized spacial score (nSPS) is 10.7. The molecule has 0 spiro atoms. The van der Waals surface area contributed by atoms with E-state index in [0.717, 1.165) is 5.75 Å². The van der Waals surface area contributed by atoms with Crippen molar-refractivity contribution in [1.29, 1.82) is 0 Å². The van der Waals surface area contributed by atoms with Gasteiger partial charge in [0.2, 0.25) is 0 Å². The third-order valence-electron chi connectivity index (χ3n) is 3.56. The first kappa shape index (κ1) is 14.7. The van der Waals surface area contributed by atoms with Crippen LogP contribution in [0.4, 0.5) is 0 Å². The van der Waals surface area contributed by atoms with Crippen LogP contribution in [0.5, 0.6) is 5.75 Å². The van der Waals surface area contributed by atoms with E-state index in [9.17, 15) is 0 Å². The summed E-state index contributed by atoms with van der Waals surface area (Å²) in [5.74, 6) is 0.908. The molecule has 1 nitrogen and oxygen atoms in total. The van der Waals surface area contributed by atoms with Crippen molar-refractivity contribution in [3.05, 3.63) is 84.4 Å². The van der Waals surface area contributed by atoms with Crippen molar-refractivity contribution in [3.63, 3.8) is 0 Å². The molecule has 3 rings (SSSR count). The molecular weight excluding hydrogens is 288 g/mol. The van der Waals surface area contributed by atoms with Gasteiger partial charge in [0.05, 0.1) is 18.0 Å². The molecule has 0 saturated carbocycles. The van der Waals surface area contributed by atoms with Gasteiger partial charge in [-0.1, -0.05) is 36.4 Å². The Morgan fingerprint density at radius 3 is 1.73 bits per heavy atom. The van der Waals surface area contributed by atoms with Crippen LogP contribution in [-0.2, 0) is 10.9 Å². The largest absolute Gasteiger partial charge is 0.497 e. The Bertz CT molecular complexity index is 699. The highest BCUT2D eigenvalue weighted by Crippen LogP contribution is 2.34. The SMILES string of the molecule is COc1ccc([S+](c2ccccc2)c2ccccc2)c(C)c1. The van der Waals surface area contributed by atoms with Gasteiger partial charge in [-0.05, 0) is 49.4 Å². The van der Waals surface area contributed by atoms with Crippen LogP contribution in [-0.4, -0.2) is 7.11 Å². The molecule has 0 aliphatic heterocycles. The monoisotopic (exact) mass is 307 g/mol. The molecule has 0 saturated heterocycles. The highest BCUT2D eigenvalue weighted by Gasteiger charge is 2.29. The maximum Gasteiger partial charge on any atom is 0.169 e. The van der Waals surface area contributed by atoms with E-state index < -0.39 is 0 Å². The number of ether oxygens (including phenoxy) is 1. The summed E-state index contributed by atoms with van der Waals surface area (Å²) >= 11 is 0. The van der Waals surface area contributed by atoms with Crippen LogP contribution < -0.4 is 4.74 Å². The molecule has 0 aliphatic carbocycles. The van der Waals surface area contributed by atoms with Gasteiger partial charge in [0.25, 0.3) is 0 Å². The predicted octanol–water partition coefficient (Wildman–Crippen LogP) is 5.10. The molecule has 0 unspecified atom stereocenters. The number of hydrogen-bond acceptors (Lipinski definition) is 1. The lowest BCUT2D eigenvalue weighted by Crippen LogP contribution is -2.06. The molecule has 0 fully saturated rings. The first-order chi connectivity index (χ1) is 10.8. The van der Waals surface area contributed by atoms with Gasteiger partial charge in [0, 0.05) is 5.56 Å². The van der Waals surface area contributed by atoms with Gasteiger partial charge in [0.1, 0.15) is 5.75 Å². The first-order valence-electron chi connectivity index (χ1n) is 7.28. The summed E-state index contributed by atoms with van der Waals surface area (Å²) < 4.78 is 5.34. The van der Waals surface area contributed by atoms with E-state index in [1.165, 1.54) is 20.2 Å². The zero-order valence-corrected chi connectivity index (χ0v) is 13.6. The molecule has 0 aromatic heterocycles. The molecular formula is C20H19OS+. The second kappa shape index (κ2) is 6.71. The zero-order chi connectivity index (χ0) is 15.4. The minimum absolute atomic E-state index is 0.0920. The van der Waals surface area contributed by atoms with E-state index in [1.807, 2.05) is 6.07 Å². The molecule has 2 heteroatoms. The molecule has 0 amide bonds. The quantitative estimate of drug-likeness (QED) is 0.609. The lowest BCUT2D eigenvalue weighted by Gasteiger charge is -2.11. The Kier molecular flexibility index (Phi) is 4.50. The van der Waals surface area contributed by atoms with E-state index in [4.69, 9.17) is 4.74 Å². The van der Waals surface area contributed by atoms with E-state index in [0.29, 0.717) is 0 Å². The summed E-state index contributed by atoms with van der Waals surface area (Å²) in [5, 5.41) is 0. The van der Waals surface area contributed by atoms with Crippen molar-refractivity contribution in [2.45, 2.75) is 21.6 Å². The molecule has 0 N–H and O–H groups in total. The zero-order valence-electron chi connectivity index (χ0n) is 12.8. The molecule has 0 radical (unpaired) electrons. The number of benzene rings is 3. The lowest BCUT2D eigenvalue weighted by molar-refractivity contribution is 0.414. The third-order valence-corrected chi connectivity index (χ3v) is 5.94. The first-order valence-corrected chi connectivity index (χ1v) is 8.51. The van der Waals surface area contributed by atoms with Crippen molar-refractivity contribution in [1.82, 2.24) is 0 Å². The van der Waals surface area contributed by atoms with Crippen LogP contribution in [0.25, 0.3) is 0 Å². The van der Waals surface area contributed by atoms with Crippen molar-refractivity contribution in [2.24, 2.45) is 0 Å². The Hall–Kier alpha value is -2.19. The van der Waals surface area contributed by atoms with Crippen LogP contribution in [0.15, 0.2) is 93.5 Å². The summed E-state index contributed by atoms with van der Waals surface area (Å²) in [6, 6.07) is 27.8. The van der Waals surface area contributed by atoms with Crippen LogP contribution in [0.3, 0.4) is 0 Å². The Morgan fingerprint density at radius 1 is 0.727 bits per heavy atom. The van der Waals surface area contributed by atoms with Crippen LogP contribution in [0.2, 0.25) is 0 Å². The highest BCUT2D eigenvalue weighted by atomic mass is 32.2. The summed E-state index contributed by atoms with van der Waals surface area (Å²) in [6.07, 6.45) is 0. The minimum atomic E-state index is -0.0920. The average molecular weight is 307 g/mol. The van der Waals surface area contributed by atoms with Gasteiger partial charge in [0.15, 0.2) is 14.7 Å². The smallest absolute Gasteiger partial charge is 0.169 e. The second-order valence-corrected chi connectivity index (χ2v) is 7.06. The molecule has 3 aromatic rings. The van der Waals surface area contributed by atoms with E-state index in [2.05, 4.69) is 79.7 Å². The molecule has 3 aromatic carbocycles.